The molecule has 0 aromatic heterocycles. The van der Waals surface area contributed by atoms with Crippen LogP contribution in [0.3, 0.4) is 0 Å². The van der Waals surface area contributed by atoms with Crippen LogP contribution in [-0.4, -0.2) is 24.2 Å². The molecule has 2 unspecified atom stereocenters. The first-order chi connectivity index (χ1) is 8.17. The molecule has 0 aromatic rings. The zero-order valence-electron chi connectivity index (χ0n) is 10.8. The van der Waals surface area contributed by atoms with Crippen molar-refractivity contribution in [3.8, 4) is 0 Å². The highest BCUT2D eigenvalue weighted by Gasteiger charge is 2.48. The van der Waals surface area contributed by atoms with E-state index in [1.165, 1.54) is 0 Å². The van der Waals surface area contributed by atoms with Crippen LogP contribution in [0.15, 0.2) is 0 Å². The Morgan fingerprint density at radius 2 is 1.83 bits per heavy atom. The van der Waals surface area contributed by atoms with Crippen LogP contribution in [0.2, 0.25) is 0 Å². The molecule has 106 valence electrons. The van der Waals surface area contributed by atoms with Gasteiger partial charge in [-0.15, -0.1) is 0 Å². The van der Waals surface area contributed by atoms with Gasteiger partial charge in [-0.25, -0.2) is 0 Å². The molecule has 0 aromatic carbocycles. The highest BCUT2D eigenvalue weighted by Crippen LogP contribution is 2.41. The Kier molecular flexibility index (Phi) is 4.64. The van der Waals surface area contributed by atoms with E-state index in [9.17, 15) is 18.0 Å². The topological polar surface area (TPSA) is 55.1 Å². The molecule has 6 heteroatoms. The van der Waals surface area contributed by atoms with Gasteiger partial charge < -0.3 is 11.1 Å². The van der Waals surface area contributed by atoms with Gasteiger partial charge in [0.25, 0.3) is 0 Å². The Labute approximate surface area is 105 Å². The minimum Gasteiger partial charge on any atom is -0.350 e. The maximum Gasteiger partial charge on any atom is 0.392 e. The van der Waals surface area contributed by atoms with Crippen molar-refractivity contribution in [3.63, 3.8) is 0 Å². The van der Waals surface area contributed by atoms with Crippen molar-refractivity contribution in [2.24, 2.45) is 17.6 Å². The quantitative estimate of drug-likeness (QED) is 0.823. The highest BCUT2D eigenvalue weighted by molar-refractivity contribution is 5.79. The van der Waals surface area contributed by atoms with Crippen molar-refractivity contribution >= 4 is 5.91 Å². The molecule has 1 aliphatic rings. The lowest BCUT2D eigenvalue weighted by atomic mass is 9.78. The summed E-state index contributed by atoms with van der Waals surface area (Å²) >= 11 is 0. The van der Waals surface area contributed by atoms with Crippen LogP contribution in [0.5, 0.6) is 0 Å². The number of alkyl halides is 3. The molecule has 1 fully saturated rings. The second kappa shape index (κ2) is 5.47. The van der Waals surface area contributed by atoms with Gasteiger partial charge in [-0.05, 0) is 26.7 Å². The average Bonchev–Trinajstić information content (AvgIpc) is 2.27. The summed E-state index contributed by atoms with van der Waals surface area (Å²) in [4.78, 5) is 12.0. The maximum atomic E-state index is 12.9. The third-order valence-corrected chi connectivity index (χ3v) is 3.50. The van der Waals surface area contributed by atoms with Crippen molar-refractivity contribution in [2.75, 3.05) is 6.54 Å². The first kappa shape index (κ1) is 15.3. The van der Waals surface area contributed by atoms with Crippen LogP contribution in [0.25, 0.3) is 0 Å². The number of nitrogens with two attached hydrogens (primary N) is 1. The van der Waals surface area contributed by atoms with Gasteiger partial charge in [0.2, 0.25) is 5.91 Å². The molecule has 18 heavy (non-hydrogen) atoms. The molecule has 3 N–H and O–H groups in total. The van der Waals surface area contributed by atoms with Crippen molar-refractivity contribution < 1.29 is 18.0 Å². The van der Waals surface area contributed by atoms with E-state index in [-0.39, 0.29) is 13.0 Å². The van der Waals surface area contributed by atoms with Gasteiger partial charge in [0.05, 0.1) is 5.92 Å². The number of halogens is 3. The van der Waals surface area contributed by atoms with Gasteiger partial charge in [0, 0.05) is 18.0 Å². The fourth-order valence-electron chi connectivity index (χ4n) is 2.31. The van der Waals surface area contributed by atoms with E-state index in [1.807, 2.05) is 0 Å². The van der Waals surface area contributed by atoms with Crippen molar-refractivity contribution in [1.29, 1.82) is 0 Å². The number of nitrogens with one attached hydrogen (secondary N) is 1. The average molecular weight is 266 g/mol. The van der Waals surface area contributed by atoms with Gasteiger partial charge in [0.1, 0.15) is 0 Å². The van der Waals surface area contributed by atoms with Crippen LogP contribution < -0.4 is 11.1 Å². The Morgan fingerprint density at radius 3 is 2.33 bits per heavy atom. The SMILES string of the molecule is CC(C)(CN)NC(=O)C1CCCCC1C(F)(F)F. The fraction of sp³-hybridized carbons (Fsp3) is 0.917. The monoisotopic (exact) mass is 266 g/mol. The van der Waals surface area contributed by atoms with Crippen LogP contribution in [-0.2, 0) is 4.79 Å². The fourth-order valence-corrected chi connectivity index (χ4v) is 2.31. The summed E-state index contributed by atoms with van der Waals surface area (Å²) in [7, 11) is 0. The summed E-state index contributed by atoms with van der Waals surface area (Å²) in [6.45, 7) is 3.61. The normalized spacial score (nSPS) is 25.9. The summed E-state index contributed by atoms with van der Waals surface area (Å²) < 4.78 is 38.6. The lowest BCUT2D eigenvalue weighted by Gasteiger charge is -2.34. The molecule has 1 amide bonds. The number of amides is 1. The number of carbonyl (C=O) groups excluding carboxylic acids is 1. The molecule has 2 atom stereocenters. The summed E-state index contributed by atoms with van der Waals surface area (Å²) in [5.41, 5.74) is 4.81. The van der Waals surface area contributed by atoms with E-state index >= 15 is 0 Å². The van der Waals surface area contributed by atoms with Crippen LogP contribution >= 0.6 is 0 Å². The predicted molar refractivity (Wildman–Crippen MR) is 62.8 cm³/mol. The zero-order chi connectivity index (χ0) is 14.0. The van der Waals surface area contributed by atoms with Crippen LogP contribution in [0.1, 0.15) is 39.5 Å². The van der Waals surface area contributed by atoms with Crippen LogP contribution in [0, 0.1) is 11.8 Å². The van der Waals surface area contributed by atoms with Gasteiger partial charge in [-0.1, -0.05) is 12.8 Å². The van der Waals surface area contributed by atoms with Gasteiger partial charge in [-0.2, -0.15) is 13.2 Å². The Balaban J connectivity index is 2.75. The summed E-state index contributed by atoms with van der Waals surface area (Å²) in [5.74, 6) is -3.00. The summed E-state index contributed by atoms with van der Waals surface area (Å²) in [5, 5.41) is 2.61. The molecule has 3 nitrogen and oxygen atoms in total. The second-order valence-electron chi connectivity index (χ2n) is 5.62. The molecule has 0 aliphatic heterocycles. The van der Waals surface area contributed by atoms with Crippen LogP contribution in [0.4, 0.5) is 13.2 Å². The first-order valence-electron chi connectivity index (χ1n) is 6.26. The van der Waals surface area contributed by atoms with Crippen molar-refractivity contribution in [3.05, 3.63) is 0 Å². The number of carbonyl (C=O) groups is 1. The predicted octanol–water partition coefficient (Wildman–Crippen LogP) is 2.21. The number of rotatable bonds is 3. The van der Waals surface area contributed by atoms with Crippen molar-refractivity contribution in [1.82, 2.24) is 5.32 Å². The van der Waals surface area contributed by atoms with E-state index < -0.39 is 29.5 Å². The molecular weight excluding hydrogens is 245 g/mol. The lowest BCUT2D eigenvalue weighted by Crippen LogP contribution is -2.53. The van der Waals surface area contributed by atoms with Gasteiger partial charge >= 0.3 is 6.18 Å². The van der Waals surface area contributed by atoms with E-state index in [4.69, 9.17) is 5.73 Å². The smallest absolute Gasteiger partial charge is 0.350 e. The lowest BCUT2D eigenvalue weighted by molar-refractivity contribution is -0.198. The Hall–Kier alpha value is -0.780. The zero-order valence-corrected chi connectivity index (χ0v) is 10.8. The largest absolute Gasteiger partial charge is 0.392 e. The Bertz CT molecular complexity index is 302. The molecular formula is C12H21F3N2O. The molecule has 0 saturated heterocycles. The van der Waals surface area contributed by atoms with E-state index in [2.05, 4.69) is 5.32 Å². The standard InChI is InChI=1S/C12H21F3N2O/c1-11(2,7-16)17-10(18)8-5-3-4-6-9(8)12(13,14)15/h8-9H,3-7,16H2,1-2H3,(H,17,18). The van der Waals surface area contributed by atoms with Crippen molar-refractivity contribution in [2.45, 2.75) is 51.2 Å². The minimum absolute atomic E-state index is 0.0463. The second-order valence-corrected chi connectivity index (χ2v) is 5.62. The molecule has 1 aliphatic carbocycles. The number of hydrogen-bond acceptors (Lipinski definition) is 2. The third-order valence-electron chi connectivity index (χ3n) is 3.50. The first-order valence-corrected chi connectivity index (χ1v) is 6.26. The molecule has 0 spiro atoms. The maximum absolute atomic E-state index is 12.9. The van der Waals surface area contributed by atoms with Gasteiger partial charge in [-0.3, -0.25) is 4.79 Å². The molecule has 0 heterocycles. The molecule has 1 saturated carbocycles. The third kappa shape index (κ3) is 3.86. The van der Waals surface area contributed by atoms with Gasteiger partial charge in [0.15, 0.2) is 0 Å². The summed E-state index contributed by atoms with van der Waals surface area (Å²) in [6.07, 6.45) is -2.74. The summed E-state index contributed by atoms with van der Waals surface area (Å²) in [6, 6.07) is 0. The number of hydrogen-bond donors (Lipinski definition) is 2. The Morgan fingerprint density at radius 1 is 1.28 bits per heavy atom. The van der Waals surface area contributed by atoms with E-state index in [0.717, 1.165) is 0 Å². The molecule has 0 bridgehead atoms. The van der Waals surface area contributed by atoms with E-state index in [0.29, 0.717) is 19.3 Å². The highest BCUT2D eigenvalue weighted by atomic mass is 19.4. The van der Waals surface area contributed by atoms with E-state index in [1.54, 1.807) is 13.8 Å². The molecule has 1 rings (SSSR count). The molecule has 0 radical (unpaired) electrons. The minimum atomic E-state index is -4.30.